The fourth-order valence-corrected chi connectivity index (χ4v) is 1.88. The van der Waals surface area contributed by atoms with E-state index in [4.69, 9.17) is 0 Å². The fraction of sp³-hybridized carbons (Fsp3) is 0.353. The number of aromatic nitrogens is 1. The van der Waals surface area contributed by atoms with Crippen molar-refractivity contribution < 1.29 is 4.39 Å². The van der Waals surface area contributed by atoms with Crippen molar-refractivity contribution in [2.24, 2.45) is 5.92 Å². The highest BCUT2D eigenvalue weighted by Gasteiger charge is 2.25. The third-order valence-electron chi connectivity index (χ3n) is 4.04. The highest BCUT2D eigenvalue weighted by molar-refractivity contribution is 5.62. The zero-order chi connectivity index (χ0) is 14.0. The summed E-state index contributed by atoms with van der Waals surface area (Å²) < 4.78 is 12.9. The van der Waals surface area contributed by atoms with E-state index in [9.17, 15) is 4.39 Å². The van der Waals surface area contributed by atoms with Gasteiger partial charge in [-0.1, -0.05) is 45.9 Å². The zero-order valence-corrected chi connectivity index (χ0v) is 11.9. The van der Waals surface area contributed by atoms with Crippen LogP contribution in [0.2, 0.25) is 0 Å². The third-order valence-corrected chi connectivity index (χ3v) is 4.04. The van der Waals surface area contributed by atoms with Crippen molar-refractivity contribution in [3.8, 4) is 11.1 Å². The fourth-order valence-electron chi connectivity index (χ4n) is 1.88. The average Bonchev–Trinajstić information content (AvgIpc) is 2.39. The van der Waals surface area contributed by atoms with Gasteiger partial charge >= 0.3 is 0 Å². The highest BCUT2D eigenvalue weighted by Crippen LogP contribution is 2.30. The molecule has 0 bridgehead atoms. The standard InChI is InChI=1S/C17H20FN/c1-12(2)17(3,4)16-10-7-14(11-19-16)13-5-8-15(18)9-6-13/h5-12H,1-4H3. The number of pyridine rings is 1. The van der Waals surface area contributed by atoms with Crippen LogP contribution in [-0.2, 0) is 5.41 Å². The number of nitrogens with zero attached hydrogens (tertiary/aromatic N) is 1. The number of halogens is 1. The molecule has 100 valence electrons. The Hall–Kier alpha value is -1.70. The molecule has 0 saturated heterocycles. The summed E-state index contributed by atoms with van der Waals surface area (Å²) in [5.74, 6) is 0.311. The van der Waals surface area contributed by atoms with Gasteiger partial charge in [-0.3, -0.25) is 4.98 Å². The Morgan fingerprint density at radius 2 is 1.53 bits per heavy atom. The van der Waals surface area contributed by atoms with Crippen molar-refractivity contribution >= 4 is 0 Å². The summed E-state index contributed by atoms with van der Waals surface area (Å²) >= 11 is 0. The smallest absolute Gasteiger partial charge is 0.123 e. The van der Waals surface area contributed by atoms with Gasteiger partial charge in [-0.05, 0) is 29.7 Å². The zero-order valence-electron chi connectivity index (χ0n) is 11.9. The summed E-state index contributed by atoms with van der Waals surface area (Å²) in [4.78, 5) is 4.58. The van der Waals surface area contributed by atoms with Crippen molar-refractivity contribution in [2.45, 2.75) is 33.1 Å². The Morgan fingerprint density at radius 1 is 0.947 bits per heavy atom. The Bertz CT molecular complexity index is 538. The topological polar surface area (TPSA) is 12.9 Å². The van der Waals surface area contributed by atoms with Crippen LogP contribution in [0.1, 0.15) is 33.4 Å². The summed E-state index contributed by atoms with van der Waals surface area (Å²) in [5.41, 5.74) is 3.15. The van der Waals surface area contributed by atoms with Crippen LogP contribution in [0.3, 0.4) is 0 Å². The van der Waals surface area contributed by atoms with Crippen molar-refractivity contribution in [3.05, 3.63) is 54.1 Å². The molecular weight excluding hydrogens is 237 g/mol. The summed E-state index contributed by atoms with van der Waals surface area (Å²) in [6.45, 7) is 8.82. The summed E-state index contributed by atoms with van der Waals surface area (Å²) in [7, 11) is 0. The normalized spacial score (nSPS) is 11.9. The van der Waals surface area contributed by atoms with E-state index in [1.165, 1.54) is 12.1 Å². The van der Waals surface area contributed by atoms with Crippen LogP contribution >= 0.6 is 0 Å². The first-order valence-corrected chi connectivity index (χ1v) is 6.63. The molecule has 0 N–H and O–H groups in total. The van der Waals surface area contributed by atoms with Crippen LogP contribution in [0, 0.1) is 11.7 Å². The van der Waals surface area contributed by atoms with Crippen LogP contribution in [0.4, 0.5) is 4.39 Å². The minimum absolute atomic E-state index is 0.0569. The molecule has 0 saturated carbocycles. The predicted octanol–water partition coefficient (Wildman–Crippen LogP) is 4.82. The monoisotopic (exact) mass is 257 g/mol. The average molecular weight is 257 g/mol. The Kier molecular flexibility index (Phi) is 3.70. The summed E-state index contributed by atoms with van der Waals surface area (Å²) in [5, 5.41) is 0. The Labute approximate surface area is 114 Å². The van der Waals surface area contributed by atoms with Crippen LogP contribution in [0.15, 0.2) is 42.6 Å². The van der Waals surface area contributed by atoms with Gasteiger partial charge in [0.25, 0.3) is 0 Å². The SMILES string of the molecule is CC(C)C(C)(C)c1ccc(-c2ccc(F)cc2)cn1. The molecule has 0 aliphatic carbocycles. The Balaban J connectivity index is 2.31. The largest absolute Gasteiger partial charge is 0.260 e. The molecule has 1 aromatic heterocycles. The van der Waals surface area contributed by atoms with E-state index in [1.54, 1.807) is 12.1 Å². The lowest BCUT2D eigenvalue weighted by Crippen LogP contribution is -2.25. The minimum atomic E-state index is -0.214. The first-order chi connectivity index (χ1) is 8.91. The minimum Gasteiger partial charge on any atom is -0.260 e. The van der Waals surface area contributed by atoms with E-state index in [-0.39, 0.29) is 11.2 Å². The molecule has 1 aromatic carbocycles. The lowest BCUT2D eigenvalue weighted by Gasteiger charge is -2.28. The molecule has 0 amide bonds. The molecule has 2 aromatic rings. The van der Waals surface area contributed by atoms with E-state index in [1.807, 2.05) is 6.20 Å². The lowest BCUT2D eigenvalue weighted by molar-refractivity contribution is 0.362. The van der Waals surface area contributed by atoms with Crippen LogP contribution in [0.25, 0.3) is 11.1 Å². The van der Waals surface area contributed by atoms with E-state index in [2.05, 4.69) is 44.8 Å². The van der Waals surface area contributed by atoms with Gasteiger partial charge in [-0.25, -0.2) is 4.39 Å². The molecule has 0 fully saturated rings. The van der Waals surface area contributed by atoms with E-state index in [0.29, 0.717) is 5.92 Å². The molecule has 0 atom stereocenters. The molecule has 2 rings (SSSR count). The van der Waals surface area contributed by atoms with Gasteiger partial charge in [0.05, 0.1) is 0 Å². The van der Waals surface area contributed by atoms with Gasteiger partial charge in [0, 0.05) is 22.9 Å². The molecular formula is C17H20FN. The van der Waals surface area contributed by atoms with Gasteiger partial charge < -0.3 is 0 Å². The first-order valence-electron chi connectivity index (χ1n) is 6.63. The van der Waals surface area contributed by atoms with Crippen LogP contribution in [0.5, 0.6) is 0 Å². The van der Waals surface area contributed by atoms with E-state index < -0.39 is 0 Å². The molecule has 0 aliphatic rings. The summed E-state index contributed by atoms with van der Waals surface area (Å²) in [6.07, 6.45) is 1.87. The second-order valence-electron chi connectivity index (χ2n) is 5.82. The maximum absolute atomic E-state index is 12.9. The first kappa shape index (κ1) is 13.7. The molecule has 0 unspecified atom stereocenters. The maximum Gasteiger partial charge on any atom is 0.123 e. The molecule has 0 radical (unpaired) electrons. The number of rotatable bonds is 3. The molecule has 0 spiro atoms. The summed E-state index contributed by atoms with van der Waals surface area (Å²) in [6, 6.07) is 10.6. The molecule has 19 heavy (non-hydrogen) atoms. The molecule has 0 aliphatic heterocycles. The van der Waals surface area contributed by atoms with Crippen LogP contribution < -0.4 is 0 Å². The van der Waals surface area contributed by atoms with Gasteiger partial charge in [-0.2, -0.15) is 0 Å². The maximum atomic E-state index is 12.9. The predicted molar refractivity (Wildman–Crippen MR) is 77.5 cm³/mol. The molecule has 1 nitrogen and oxygen atoms in total. The van der Waals surface area contributed by atoms with Gasteiger partial charge in [0.1, 0.15) is 5.82 Å². The van der Waals surface area contributed by atoms with Crippen molar-refractivity contribution in [2.75, 3.05) is 0 Å². The molecule has 2 heteroatoms. The number of benzene rings is 1. The van der Waals surface area contributed by atoms with Crippen LogP contribution in [-0.4, -0.2) is 4.98 Å². The third kappa shape index (κ3) is 2.83. The van der Waals surface area contributed by atoms with Gasteiger partial charge in [-0.15, -0.1) is 0 Å². The van der Waals surface area contributed by atoms with E-state index in [0.717, 1.165) is 16.8 Å². The number of hydrogen-bond donors (Lipinski definition) is 0. The second-order valence-corrected chi connectivity index (χ2v) is 5.82. The van der Waals surface area contributed by atoms with E-state index >= 15 is 0 Å². The highest BCUT2D eigenvalue weighted by atomic mass is 19.1. The van der Waals surface area contributed by atoms with Gasteiger partial charge in [0.2, 0.25) is 0 Å². The molecule has 1 heterocycles. The second kappa shape index (κ2) is 5.12. The lowest BCUT2D eigenvalue weighted by atomic mass is 9.78. The van der Waals surface area contributed by atoms with Crippen molar-refractivity contribution in [3.63, 3.8) is 0 Å². The Morgan fingerprint density at radius 3 is 2.00 bits per heavy atom. The van der Waals surface area contributed by atoms with Crippen molar-refractivity contribution in [1.82, 2.24) is 4.98 Å². The number of hydrogen-bond acceptors (Lipinski definition) is 1. The van der Waals surface area contributed by atoms with Crippen molar-refractivity contribution in [1.29, 1.82) is 0 Å². The van der Waals surface area contributed by atoms with Gasteiger partial charge in [0.15, 0.2) is 0 Å². The quantitative estimate of drug-likeness (QED) is 0.768.